The molecule has 10 heteroatoms. The number of nitrogens with one attached hydrogen (secondary N) is 1. The number of carbonyl (C=O) groups is 2. The zero-order valence-electron chi connectivity index (χ0n) is 15.4. The Morgan fingerprint density at radius 3 is 2.52 bits per heavy atom. The molecule has 1 amide bonds. The van der Waals surface area contributed by atoms with Crippen molar-refractivity contribution >= 4 is 46.1 Å². The fraction of sp³-hybridized carbons (Fsp3) is 0.158. The molecule has 2 aromatic heterocycles. The number of anilines is 1. The van der Waals surface area contributed by atoms with Crippen LogP contribution in [0.3, 0.4) is 0 Å². The van der Waals surface area contributed by atoms with Crippen LogP contribution >= 0.6 is 11.8 Å². The molecule has 0 unspecified atom stereocenters. The summed E-state index contributed by atoms with van der Waals surface area (Å²) in [4.78, 5) is 23.6. The van der Waals surface area contributed by atoms with Crippen LogP contribution in [0.1, 0.15) is 0 Å². The number of nitrogens with zero attached hydrogens (tertiary/aromatic N) is 4. The second kappa shape index (κ2) is 7.84. The van der Waals surface area contributed by atoms with Gasteiger partial charge in [0, 0.05) is 5.69 Å². The van der Waals surface area contributed by atoms with Gasteiger partial charge in [-0.05, 0) is 36.4 Å². The second-order valence-corrected chi connectivity index (χ2v) is 7.09. The lowest BCUT2D eigenvalue weighted by Crippen LogP contribution is -2.14. The Morgan fingerprint density at radius 2 is 1.83 bits per heavy atom. The minimum atomic E-state index is -0.968. The Hall–Kier alpha value is -3.53. The maximum Gasteiger partial charge on any atom is 0.323 e. The highest BCUT2D eigenvalue weighted by Crippen LogP contribution is 2.26. The minimum absolute atomic E-state index is 0.130. The number of hydrogen-bond acceptors (Lipinski definition) is 6. The molecule has 9 nitrogen and oxygen atoms in total. The van der Waals surface area contributed by atoms with Gasteiger partial charge in [-0.3, -0.25) is 18.6 Å². The van der Waals surface area contributed by atoms with Crippen LogP contribution in [0.25, 0.3) is 16.8 Å². The summed E-state index contributed by atoms with van der Waals surface area (Å²) in [5, 5.41) is 20.8. The molecular formula is C19H17N5O4S. The Bertz CT molecular complexity index is 1200. The van der Waals surface area contributed by atoms with Crippen molar-refractivity contribution in [2.75, 3.05) is 18.2 Å². The minimum Gasteiger partial charge on any atom is -0.497 e. The Balaban J connectivity index is 1.55. The average Bonchev–Trinajstić information content (AvgIpc) is 3.26. The predicted molar refractivity (Wildman–Crippen MR) is 108 cm³/mol. The van der Waals surface area contributed by atoms with Crippen molar-refractivity contribution in [2.24, 2.45) is 0 Å². The number of benzene rings is 2. The zero-order chi connectivity index (χ0) is 20.4. The number of carboxylic acids is 1. The summed E-state index contributed by atoms with van der Waals surface area (Å²) in [7, 11) is 1.58. The number of rotatable bonds is 7. The van der Waals surface area contributed by atoms with Crippen molar-refractivity contribution in [3.63, 3.8) is 0 Å². The Labute approximate surface area is 169 Å². The van der Waals surface area contributed by atoms with E-state index in [1.54, 1.807) is 40.3 Å². The number of carboxylic acid groups (broad SMARTS) is 1. The number of aliphatic carboxylic acids is 1. The molecule has 0 fully saturated rings. The van der Waals surface area contributed by atoms with Gasteiger partial charge in [0.1, 0.15) is 12.3 Å². The summed E-state index contributed by atoms with van der Waals surface area (Å²) in [6.07, 6.45) is 0. The smallest absolute Gasteiger partial charge is 0.323 e. The SMILES string of the molecule is COc1ccc(NC(=O)CSc2nnc3n(CC(=O)O)c4ccccc4n23)cc1. The number of methoxy groups -OCH3 is 1. The molecule has 4 rings (SSSR count). The highest BCUT2D eigenvalue weighted by Gasteiger charge is 2.19. The third-order valence-corrected chi connectivity index (χ3v) is 5.20. The topological polar surface area (TPSA) is 111 Å². The van der Waals surface area contributed by atoms with Gasteiger partial charge in [-0.2, -0.15) is 0 Å². The van der Waals surface area contributed by atoms with Crippen LogP contribution in [-0.4, -0.2) is 49.0 Å². The molecule has 4 aromatic rings. The van der Waals surface area contributed by atoms with E-state index in [-0.39, 0.29) is 18.2 Å². The first-order valence-corrected chi connectivity index (χ1v) is 9.66. The standard InChI is InChI=1S/C19H17N5O4S/c1-28-13-8-6-12(7-9-13)20-16(25)11-29-19-22-21-18-23(10-17(26)27)14-4-2-3-5-15(14)24(18)19/h2-9H,10-11H2,1H3,(H,20,25)(H,26,27). The third kappa shape index (κ3) is 3.74. The van der Waals surface area contributed by atoms with Crippen molar-refractivity contribution in [1.82, 2.24) is 19.2 Å². The monoisotopic (exact) mass is 411 g/mol. The number of aromatic nitrogens is 4. The highest BCUT2D eigenvalue weighted by molar-refractivity contribution is 7.99. The number of ether oxygens (including phenoxy) is 1. The van der Waals surface area contributed by atoms with E-state index in [1.165, 1.54) is 11.8 Å². The molecule has 2 N–H and O–H groups in total. The molecule has 0 spiro atoms. The van der Waals surface area contributed by atoms with Crippen molar-refractivity contribution in [3.8, 4) is 5.75 Å². The molecule has 0 saturated carbocycles. The molecule has 148 valence electrons. The van der Waals surface area contributed by atoms with Crippen molar-refractivity contribution < 1.29 is 19.4 Å². The molecule has 0 aliphatic heterocycles. The number of thioether (sulfide) groups is 1. The quantitative estimate of drug-likeness (QED) is 0.450. The predicted octanol–water partition coefficient (Wildman–Crippen LogP) is 2.51. The molecule has 0 aliphatic rings. The van der Waals surface area contributed by atoms with Crippen LogP contribution in [0.4, 0.5) is 5.69 Å². The van der Waals surface area contributed by atoms with E-state index in [4.69, 9.17) is 4.74 Å². The van der Waals surface area contributed by atoms with Gasteiger partial charge in [-0.15, -0.1) is 10.2 Å². The molecule has 0 bridgehead atoms. The van der Waals surface area contributed by atoms with Crippen LogP contribution in [0.15, 0.2) is 53.7 Å². The second-order valence-electron chi connectivity index (χ2n) is 6.15. The third-order valence-electron chi connectivity index (χ3n) is 4.27. The fourth-order valence-corrected chi connectivity index (χ4v) is 3.76. The largest absolute Gasteiger partial charge is 0.497 e. The summed E-state index contributed by atoms with van der Waals surface area (Å²) in [6.45, 7) is -0.224. The Kier molecular flexibility index (Phi) is 5.09. The van der Waals surface area contributed by atoms with Crippen LogP contribution in [0.2, 0.25) is 0 Å². The van der Waals surface area contributed by atoms with E-state index in [1.807, 2.05) is 24.3 Å². The van der Waals surface area contributed by atoms with Gasteiger partial charge in [-0.1, -0.05) is 23.9 Å². The first-order chi connectivity index (χ1) is 14.1. The molecule has 0 radical (unpaired) electrons. The van der Waals surface area contributed by atoms with Gasteiger partial charge >= 0.3 is 5.97 Å². The van der Waals surface area contributed by atoms with Crippen molar-refractivity contribution in [3.05, 3.63) is 48.5 Å². The summed E-state index contributed by atoms with van der Waals surface area (Å²) >= 11 is 1.23. The van der Waals surface area contributed by atoms with Crippen molar-refractivity contribution in [1.29, 1.82) is 0 Å². The van der Waals surface area contributed by atoms with Crippen LogP contribution in [-0.2, 0) is 16.1 Å². The number of carbonyl (C=O) groups excluding carboxylic acids is 1. The van der Waals surface area contributed by atoms with Crippen LogP contribution < -0.4 is 10.1 Å². The van der Waals surface area contributed by atoms with Gasteiger partial charge in [0.15, 0.2) is 5.16 Å². The van der Waals surface area contributed by atoms with Gasteiger partial charge in [0.05, 0.1) is 23.9 Å². The lowest BCUT2D eigenvalue weighted by atomic mass is 10.3. The maximum absolute atomic E-state index is 12.3. The van der Waals surface area contributed by atoms with Gasteiger partial charge in [-0.25, -0.2) is 0 Å². The first kappa shape index (κ1) is 18.8. The zero-order valence-corrected chi connectivity index (χ0v) is 16.2. The normalized spacial score (nSPS) is 11.1. The fourth-order valence-electron chi connectivity index (χ4n) is 3.02. The maximum atomic E-state index is 12.3. The lowest BCUT2D eigenvalue weighted by molar-refractivity contribution is -0.137. The van der Waals surface area contributed by atoms with Gasteiger partial charge in [0.2, 0.25) is 11.7 Å². The summed E-state index contributed by atoms with van der Waals surface area (Å²) in [5.41, 5.74) is 2.19. The molecular weight excluding hydrogens is 394 g/mol. The number of fused-ring (bicyclic) bond motifs is 3. The number of hydrogen-bond donors (Lipinski definition) is 2. The number of amides is 1. The molecule has 29 heavy (non-hydrogen) atoms. The van der Waals surface area contributed by atoms with E-state index in [0.717, 1.165) is 11.0 Å². The van der Waals surface area contributed by atoms with E-state index >= 15 is 0 Å². The number of imidazole rings is 1. The van der Waals surface area contributed by atoms with Crippen LogP contribution in [0, 0.1) is 0 Å². The van der Waals surface area contributed by atoms with Gasteiger partial charge < -0.3 is 15.2 Å². The van der Waals surface area contributed by atoms with E-state index in [0.29, 0.717) is 22.4 Å². The van der Waals surface area contributed by atoms with Crippen molar-refractivity contribution in [2.45, 2.75) is 11.7 Å². The lowest BCUT2D eigenvalue weighted by Gasteiger charge is -2.05. The van der Waals surface area contributed by atoms with E-state index in [2.05, 4.69) is 15.5 Å². The van der Waals surface area contributed by atoms with Crippen LogP contribution in [0.5, 0.6) is 5.75 Å². The van der Waals surface area contributed by atoms with E-state index < -0.39 is 5.97 Å². The van der Waals surface area contributed by atoms with E-state index in [9.17, 15) is 14.7 Å². The first-order valence-electron chi connectivity index (χ1n) is 8.67. The molecule has 0 saturated heterocycles. The average molecular weight is 411 g/mol. The molecule has 0 atom stereocenters. The Morgan fingerprint density at radius 1 is 1.10 bits per heavy atom. The molecule has 0 aliphatic carbocycles. The summed E-state index contributed by atoms with van der Waals surface area (Å²) in [5.74, 6) is 0.105. The molecule has 2 heterocycles. The summed E-state index contributed by atoms with van der Waals surface area (Å²) in [6, 6.07) is 14.4. The highest BCUT2D eigenvalue weighted by atomic mass is 32.2. The molecule has 2 aromatic carbocycles. The summed E-state index contributed by atoms with van der Waals surface area (Å²) < 4.78 is 8.46. The number of para-hydroxylation sites is 2. The van der Waals surface area contributed by atoms with Gasteiger partial charge in [0.25, 0.3) is 0 Å².